The van der Waals surface area contributed by atoms with Gasteiger partial charge >= 0.3 is 0 Å². The van der Waals surface area contributed by atoms with Gasteiger partial charge in [-0.05, 0) is 49.0 Å². The fourth-order valence-electron chi connectivity index (χ4n) is 2.61. The number of fused-ring (bicyclic) bond motifs is 1. The summed E-state index contributed by atoms with van der Waals surface area (Å²) in [4.78, 5) is 10.5. The molecule has 0 amide bonds. The van der Waals surface area contributed by atoms with Gasteiger partial charge in [0.25, 0.3) is 0 Å². The van der Waals surface area contributed by atoms with E-state index in [4.69, 9.17) is 0 Å². The van der Waals surface area contributed by atoms with Crippen LogP contribution < -0.4 is 0 Å². The van der Waals surface area contributed by atoms with E-state index in [1.807, 2.05) is 25.1 Å². The number of hydrogen-bond donors (Lipinski definition) is 0. The van der Waals surface area contributed by atoms with Gasteiger partial charge in [0, 0.05) is 5.56 Å². The average molecular weight is 238 g/mol. The lowest BCUT2D eigenvalue weighted by molar-refractivity contribution is 1.19. The SMILES string of the molecule is CC1=C(C)/C(=N/N=O)c2ccccc2C1=C1CC1. The molecular formula is C15H14N2O. The van der Waals surface area contributed by atoms with Crippen molar-refractivity contribution in [2.75, 3.05) is 0 Å². The fraction of sp³-hybridized carbons (Fsp3) is 0.267. The molecule has 3 nitrogen and oxygen atoms in total. The molecule has 2 aliphatic carbocycles. The molecule has 1 fully saturated rings. The first-order chi connectivity index (χ1) is 8.74. The van der Waals surface area contributed by atoms with Crippen LogP contribution in [0, 0.1) is 4.91 Å². The first-order valence-electron chi connectivity index (χ1n) is 6.14. The molecule has 0 bridgehead atoms. The third-order valence-corrected chi connectivity index (χ3v) is 3.74. The van der Waals surface area contributed by atoms with Gasteiger partial charge in [0.2, 0.25) is 0 Å². The van der Waals surface area contributed by atoms with E-state index < -0.39 is 0 Å². The Hall–Kier alpha value is -2.03. The highest BCUT2D eigenvalue weighted by Crippen LogP contribution is 2.44. The molecule has 1 aromatic rings. The average Bonchev–Trinajstić information content (AvgIpc) is 3.20. The molecule has 3 rings (SSSR count). The van der Waals surface area contributed by atoms with Crippen molar-refractivity contribution in [3.8, 4) is 0 Å². The molecule has 0 atom stereocenters. The predicted octanol–water partition coefficient (Wildman–Crippen LogP) is 4.05. The van der Waals surface area contributed by atoms with Crippen molar-refractivity contribution < 1.29 is 0 Å². The second kappa shape index (κ2) is 4.02. The van der Waals surface area contributed by atoms with Gasteiger partial charge in [0.15, 0.2) is 0 Å². The molecule has 18 heavy (non-hydrogen) atoms. The molecule has 0 aliphatic heterocycles. The summed E-state index contributed by atoms with van der Waals surface area (Å²) in [5.41, 5.74) is 8.07. The molecule has 0 heterocycles. The van der Waals surface area contributed by atoms with Crippen molar-refractivity contribution in [1.82, 2.24) is 0 Å². The second-order valence-corrected chi connectivity index (χ2v) is 4.80. The molecule has 1 aromatic carbocycles. The van der Waals surface area contributed by atoms with E-state index in [1.54, 1.807) is 0 Å². The number of allylic oxidation sites excluding steroid dienone is 4. The number of rotatable bonds is 1. The van der Waals surface area contributed by atoms with Gasteiger partial charge in [-0.15, -0.1) is 10.0 Å². The molecule has 0 N–H and O–H groups in total. The van der Waals surface area contributed by atoms with Gasteiger partial charge in [-0.2, -0.15) is 0 Å². The Bertz CT molecular complexity index is 630. The lowest BCUT2D eigenvalue weighted by atomic mass is 9.81. The third kappa shape index (κ3) is 1.55. The zero-order valence-electron chi connectivity index (χ0n) is 10.5. The van der Waals surface area contributed by atoms with Crippen molar-refractivity contribution in [1.29, 1.82) is 0 Å². The zero-order chi connectivity index (χ0) is 12.7. The van der Waals surface area contributed by atoms with Crippen LogP contribution in [0.4, 0.5) is 0 Å². The minimum atomic E-state index is 0.711. The van der Waals surface area contributed by atoms with E-state index in [0.717, 1.165) is 11.1 Å². The smallest absolute Gasteiger partial charge is 0.100 e. The predicted molar refractivity (Wildman–Crippen MR) is 73.3 cm³/mol. The Morgan fingerprint density at radius 2 is 1.67 bits per heavy atom. The summed E-state index contributed by atoms with van der Waals surface area (Å²) in [6.07, 6.45) is 2.37. The van der Waals surface area contributed by atoms with E-state index in [-0.39, 0.29) is 0 Å². The molecule has 0 radical (unpaired) electrons. The molecule has 90 valence electrons. The Labute approximate surface area is 106 Å². The summed E-state index contributed by atoms with van der Waals surface area (Å²) in [6.45, 7) is 4.12. The van der Waals surface area contributed by atoms with E-state index in [0.29, 0.717) is 5.71 Å². The molecule has 0 saturated heterocycles. The second-order valence-electron chi connectivity index (χ2n) is 4.80. The largest absolute Gasteiger partial charge is 0.123 e. The minimum Gasteiger partial charge on any atom is -0.123 e. The number of hydrogen-bond acceptors (Lipinski definition) is 2. The van der Waals surface area contributed by atoms with Crippen LogP contribution in [0.2, 0.25) is 0 Å². The Kier molecular flexibility index (Phi) is 2.47. The van der Waals surface area contributed by atoms with E-state index >= 15 is 0 Å². The van der Waals surface area contributed by atoms with Gasteiger partial charge < -0.3 is 0 Å². The van der Waals surface area contributed by atoms with Gasteiger partial charge in [0.05, 0.1) is 5.29 Å². The highest BCUT2D eigenvalue weighted by molar-refractivity contribution is 6.20. The molecule has 0 unspecified atom stereocenters. The first-order valence-corrected chi connectivity index (χ1v) is 6.14. The van der Waals surface area contributed by atoms with Crippen molar-refractivity contribution in [2.24, 2.45) is 10.4 Å². The Balaban J connectivity index is 2.34. The maximum absolute atomic E-state index is 10.5. The van der Waals surface area contributed by atoms with Crippen LogP contribution in [0.3, 0.4) is 0 Å². The fourth-order valence-corrected chi connectivity index (χ4v) is 2.61. The molecule has 3 heteroatoms. The zero-order valence-corrected chi connectivity index (χ0v) is 10.5. The molecule has 1 saturated carbocycles. The van der Waals surface area contributed by atoms with E-state index in [1.165, 1.54) is 35.1 Å². The lowest BCUT2D eigenvalue weighted by Gasteiger charge is -2.23. The van der Waals surface area contributed by atoms with Crippen molar-refractivity contribution in [3.63, 3.8) is 0 Å². The quantitative estimate of drug-likeness (QED) is 0.537. The number of nitroso groups, excluding NO2 is 1. The van der Waals surface area contributed by atoms with E-state index in [2.05, 4.69) is 23.4 Å². The summed E-state index contributed by atoms with van der Waals surface area (Å²) in [5.74, 6) is 0. The van der Waals surface area contributed by atoms with Crippen molar-refractivity contribution in [2.45, 2.75) is 26.7 Å². The Morgan fingerprint density at radius 1 is 1.00 bits per heavy atom. The Morgan fingerprint density at radius 3 is 2.28 bits per heavy atom. The van der Waals surface area contributed by atoms with E-state index in [9.17, 15) is 4.91 Å². The van der Waals surface area contributed by atoms with Gasteiger partial charge in [-0.1, -0.05) is 29.8 Å². The molecule has 0 spiro atoms. The standard InChI is InChI=1S/C15H14N2O/c1-9-10(2)15(16-17-18)13-6-4-3-5-12(13)14(9)11-7-8-11/h3-6H,7-8H2,1-2H3/b16-15-. The van der Waals surface area contributed by atoms with Crippen LogP contribution in [0.25, 0.3) is 5.57 Å². The summed E-state index contributed by atoms with van der Waals surface area (Å²) in [7, 11) is 0. The normalized spacial score (nSPS) is 20.2. The first kappa shape index (κ1) is 11.1. The summed E-state index contributed by atoms with van der Waals surface area (Å²) >= 11 is 0. The topological polar surface area (TPSA) is 41.8 Å². The third-order valence-electron chi connectivity index (χ3n) is 3.74. The van der Waals surface area contributed by atoms with Crippen molar-refractivity contribution in [3.05, 3.63) is 57.0 Å². The molecule has 0 aromatic heterocycles. The van der Waals surface area contributed by atoms with Gasteiger partial charge in [-0.25, -0.2) is 0 Å². The van der Waals surface area contributed by atoms with Crippen LogP contribution in [0.1, 0.15) is 37.8 Å². The maximum Gasteiger partial charge on any atom is 0.100 e. The number of benzene rings is 1. The van der Waals surface area contributed by atoms with Crippen LogP contribution in [0.15, 0.2) is 51.4 Å². The maximum atomic E-state index is 10.5. The van der Waals surface area contributed by atoms with Crippen LogP contribution in [0.5, 0.6) is 0 Å². The highest BCUT2D eigenvalue weighted by atomic mass is 16.3. The molecular weight excluding hydrogens is 224 g/mol. The van der Waals surface area contributed by atoms with Gasteiger partial charge in [0.1, 0.15) is 5.71 Å². The summed E-state index contributed by atoms with van der Waals surface area (Å²) < 4.78 is 0. The monoisotopic (exact) mass is 238 g/mol. The van der Waals surface area contributed by atoms with Crippen LogP contribution in [-0.2, 0) is 0 Å². The van der Waals surface area contributed by atoms with Crippen molar-refractivity contribution >= 4 is 11.3 Å². The number of nitrogens with zero attached hydrogens (tertiary/aromatic N) is 2. The minimum absolute atomic E-state index is 0.711. The highest BCUT2D eigenvalue weighted by Gasteiger charge is 2.28. The van der Waals surface area contributed by atoms with Gasteiger partial charge in [-0.3, -0.25) is 0 Å². The summed E-state index contributed by atoms with van der Waals surface area (Å²) in [6, 6.07) is 8.12. The summed E-state index contributed by atoms with van der Waals surface area (Å²) in [5, 5.41) is 6.49. The van der Waals surface area contributed by atoms with Crippen LogP contribution in [-0.4, -0.2) is 5.71 Å². The molecule has 2 aliphatic rings. The van der Waals surface area contributed by atoms with Crippen LogP contribution >= 0.6 is 0 Å². The lowest BCUT2D eigenvalue weighted by Crippen LogP contribution is -2.14.